The van der Waals surface area contributed by atoms with Crippen molar-refractivity contribution >= 4 is 34.9 Å². The number of nitrogens with two attached hydrogens (primary N) is 1. The minimum atomic E-state index is -2.13. The number of nitriles is 1. The van der Waals surface area contributed by atoms with E-state index in [2.05, 4.69) is 5.10 Å². The van der Waals surface area contributed by atoms with Crippen LogP contribution in [0.15, 0.2) is 82.4 Å². The highest BCUT2D eigenvalue weighted by Gasteiger charge is 2.63. The van der Waals surface area contributed by atoms with Crippen molar-refractivity contribution in [1.29, 1.82) is 5.26 Å². The maximum absolute atomic E-state index is 14.3. The van der Waals surface area contributed by atoms with Gasteiger partial charge in [0.25, 0.3) is 5.91 Å². The number of esters is 2. The smallest absolute Gasteiger partial charge is 0.355 e. The first kappa shape index (κ1) is 26.9. The molecule has 0 aliphatic carbocycles. The SMILES string of the molecule is CCOC(=O)C1=C(C(=O)OCC)C2(C(=O)N(c3ccccc3)N=C2C)C(C#N)=C(N)N1c1ccc(OC)cc1. The highest BCUT2D eigenvalue weighted by atomic mass is 16.5. The molecule has 0 saturated carbocycles. The average molecular weight is 530 g/mol. The Bertz CT molecular complexity index is 1460. The summed E-state index contributed by atoms with van der Waals surface area (Å²) in [6.45, 7) is 4.58. The van der Waals surface area contributed by atoms with Crippen molar-refractivity contribution in [1.82, 2.24) is 0 Å². The first-order chi connectivity index (χ1) is 18.8. The Balaban J connectivity index is 2.10. The van der Waals surface area contributed by atoms with Gasteiger partial charge in [0.2, 0.25) is 0 Å². The van der Waals surface area contributed by atoms with Crippen molar-refractivity contribution in [3.8, 4) is 11.8 Å². The van der Waals surface area contributed by atoms with Crippen LogP contribution in [0.25, 0.3) is 0 Å². The Labute approximate surface area is 225 Å². The van der Waals surface area contributed by atoms with E-state index in [1.165, 1.54) is 18.9 Å². The second-order valence-corrected chi connectivity index (χ2v) is 8.46. The molecule has 0 saturated heterocycles. The topological polar surface area (TPSA) is 148 Å². The fraction of sp³-hybridized carbons (Fsp3) is 0.250. The molecule has 1 spiro atoms. The van der Waals surface area contributed by atoms with Gasteiger partial charge in [0, 0.05) is 5.69 Å². The first-order valence-corrected chi connectivity index (χ1v) is 12.2. The van der Waals surface area contributed by atoms with Gasteiger partial charge in [-0.1, -0.05) is 18.2 Å². The summed E-state index contributed by atoms with van der Waals surface area (Å²) in [7, 11) is 1.50. The van der Waals surface area contributed by atoms with Crippen molar-refractivity contribution in [2.75, 3.05) is 30.2 Å². The molecule has 4 rings (SSSR count). The normalized spacial score (nSPS) is 18.7. The second kappa shape index (κ2) is 10.7. The molecule has 2 aliphatic heterocycles. The molecule has 0 radical (unpaired) electrons. The molecule has 0 bridgehead atoms. The lowest BCUT2D eigenvalue weighted by molar-refractivity contribution is -0.143. The highest BCUT2D eigenvalue weighted by molar-refractivity contribution is 6.29. The van der Waals surface area contributed by atoms with Gasteiger partial charge in [-0.05, 0) is 57.2 Å². The summed E-state index contributed by atoms with van der Waals surface area (Å²) in [5.41, 5.74) is 4.20. The molecule has 2 aromatic rings. The summed E-state index contributed by atoms with van der Waals surface area (Å²) in [6.07, 6.45) is 0. The van der Waals surface area contributed by atoms with Gasteiger partial charge in [0.15, 0.2) is 5.41 Å². The van der Waals surface area contributed by atoms with Gasteiger partial charge in [-0.3, -0.25) is 9.69 Å². The van der Waals surface area contributed by atoms with E-state index >= 15 is 0 Å². The molecule has 39 heavy (non-hydrogen) atoms. The summed E-state index contributed by atoms with van der Waals surface area (Å²) in [5.74, 6) is -2.40. The predicted molar refractivity (Wildman–Crippen MR) is 142 cm³/mol. The molecule has 2 heterocycles. The number of para-hydroxylation sites is 1. The van der Waals surface area contributed by atoms with Crippen LogP contribution in [0.4, 0.5) is 11.4 Å². The van der Waals surface area contributed by atoms with Crippen LogP contribution in [0.1, 0.15) is 20.8 Å². The zero-order valence-corrected chi connectivity index (χ0v) is 21.9. The number of amides is 1. The summed E-state index contributed by atoms with van der Waals surface area (Å²) in [6, 6.07) is 17.0. The fourth-order valence-corrected chi connectivity index (χ4v) is 4.73. The highest BCUT2D eigenvalue weighted by Crippen LogP contribution is 2.51. The Morgan fingerprint density at radius 3 is 2.18 bits per heavy atom. The third kappa shape index (κ3) is 4.16. The molecule has 0 fully saturated rings. The molecule has 2 aromatic carbocycles. The van der Waals surface area contributed by atoms with Gasteiger partial charge < -0.3 is 19.9 Å². The number of anilines is 2. The van der Waals surface area contributed by atoms with Crippen LogP contribution in [0.2, 0.25) is 0 Å². The minimum Gasteiger partial charge on any atom is -0.497 e. The standard InChI is InChI=1S/C28H27N5O6/c1-5-38-25(34)22-23(26(35)39-6-2)32(18-12-14-20(37-4)15-13-18)24(30)21(16-29)28(22)17(3)31-33(27(28)36)19-10-8-7-9-11-19/h7-15H,5-6,30H2,1-4H3. The number of carbonyl (C=O) groups excluding carboxylic acids is 3. The van der Waals surface area contributed by atoms with E-state index in [1.807, 2.05) is 6.07 Å². The van der Waals surface area contributed by atoms with Gasteiger partial charge in [-0.15, -0.1) is 0 Å². The second-order valence-electron chi connectivity index (χ2n) is 8.46. The number of hydrazone groups is 1. The molecule has 1 atom stereocenters. The molecule has 2 aliphatic rings. The summed E-state index contributed by atoms with van der Waals surface area (Å²) >= 11 is 0. The monoisotopic (exact) mass is 529 g/mol. The third-order valence-corrected chi connectivity index (χ3v) is 6.40. The minimum absolute atomic E-state index is 0.0340. The third-order valence-electron chi connectivity index (χ3n) is 6.40. The number of hydrogen-bond donors (Lipinski definition) is 1. The Kier molecular flexibility index (Phi) is 7.40. The summed E-state index contributed by atoms with van der Waals surface area (Å²) < 4.78 is 15.9. The number of methoxy groups -OCH3 is 1. The molecule has 2 N–H and O–H groups in total. The number of rotatable bonds is 7. The number of ether oxygens (including phenoxy) is 3. The quantitative estimate of drug-likeness (QED) is 0.534. The Morgan fingerprint density at radius 1 is 1.00 bits per heavy atom. The number of nitrogens with zero attached hydrogens (tertiary/aromatic N) is 4. The maximum atomic E-state index is 14.3. The van der Waals surface area contributed by atoms with Gasteiger partial charge in [-0.25, -0.2) is 9.59 Å². The Hall–Kier alpha value is -5.11. The fourth-order valence-electron chi connectivity index (χ4n) is 4.73. The van der Waals surface area contributed by atoms with E-state index in [0.717, 1.165) is 5.01 Å². The van der Waals surface area contributed by atoms with E-state index < -0.39 is 28.8 Å². The molecule has 1 amide bonds. The number of carbonyl (C=O) groups is 3. The van der Waals surface area contributed by atoms with Crippen LogP contribution in [0.3, 0.4) is 0 Å². The van der Waals surface area contributed by atoms with Crippen LogP contribution in [0.5, 0.6) is 5.75 Å². The zero-order chi connectivity index (χ0) is 28.3. The van der Waals surface area contributed by atoms with Gasteiger partial charge in [0.1, 0.15) is 23.3 Å². The van der Waals surface area contributed by atoms with Gasteiger partial charge in [0.05, 0.1) is 42.9 Å². The van der Waals surface area contributed by atoms with E-state index in [9.17, 15) is 19.6 Å². The molecule has 0 aromatic heterocycles. The predicted octanol–water partition coefficient (Wildman–Crippen LogP) is 3.00. The number of benzene rings is 2. The lowest BCUT2D eigenvalue weighted by atomic mass is 9.67. The molecule has 11 nitrogen and oxygen atoms in total. The largest absolute Gasteiger partial charge is 0.497 e. The van der Waals surface area contributed by atoms with Crippen LogP contribution < -0.4 is 20.4 Å². The van der Waals surface area contributed by atoms with Crippen molar-refractivity contribution in [2.45, 2.75) is 20.8 Å². The van der Waals surface area contributed by atoms with Crippen LogP contribution in [-0.4, -0.2) is 43.9 Å². The van der Waals surface area contributed by atoms with E-state index in [-0.39, 0.29) is 36.0 Å². The summed E-state index contributed by atoms with van der Waals surface area (Å²) in [5, 5.41) is 16.0. The lowest BCUT2D eigenvalue weighted by Gasteiger charge is -2.40. The van der Waals surface area contributed by atoms with Gasteiger partial charge in [-0.2, -0.15) is 15.4 Å². The van der Waals surface area contributed by atoms with Crippen molar-refractivity contribution in [3.63, 3.8) is 0 Å². The molecule has 1 unspecified atom stereocenters. The molecular weight excluding hydrogens is 502 g/mol. The Morgan fingerprint density at radius 2 is 1.62 bits per heavy atom. The van der Waals surface area contributed by atoms with E-state index in [4.69, 9.17) is 19.9 Å². The van der Waals surface area contributed by atoms with Crippen molar-refractivity contribution in [2.24, 2.45) is 16.3 Å². The van der Waals surface area contributed by atoms with E-state index in [1.54, 1.807) is 68.4 Å². The lowest BCUT2D eigenvalue weighted by Crippen LogP contribution is -2.53. The van der Waals surface area contributed by atoms with E-state index in [0.29, 0.717) is 17.1 Å². The van der Waals surface area contributed by atoms with Crippen molar-refractivity contribution in [3.05, 3.63) is 77.3 Å². The maximum Gasteiger partial charge on any atom is 0.355 e. The molecule has 200 valence electrons. The van der Waals surface area contributed by atoms with Crippen LogP contribution in [0, 0.1) is 16.7 Å². The number of hydrogen-bond acceptors (Lipinski definition) is 10. The summed E-state index contributed by atoms with van der Waals surface area (Å²) in [4.78, 5) is 42.9. The van der Waals surface area contributed by atoms with Crippen LogP contribution in [-0.2, 0) is 23.9 Å². The zero-order valence-electron chi connectivity index (χ0n) is 21.9. The first-order valence-electron chi connectivity index (χ1n) is 12.2. The molecular formula is C28H27N5O6. The van der Waals surface area contributed by atoms with Crippen LogP contribution >= 0.6 is 0 Å². The molecule has 11 heteroatoms. The average Bonchev–Trinajstić information content (AvgIpc) is 3.19. The van der Waals surface area contributed by atoms with Gasteiger partial charge >= 0.3 is 11.9 Å². The van der Waals surface area contributed by atoms with Crippen molar-refractivity contribution < 1.29 is 28.6 Å².